The van der Waals surface area contributed by atoms with E-state index in [9.17, 15) is 19.5 Å². The van der Waals surface area contributed by atoms with Crippen molar-refractivity contribution in [3.05, 3.63) is 46.3 Å². The van der Waals surface area contributed by atoms with Crippen LogP contribution in [0.4, 0.5) is 5.69 Å². The zero-order valence-corrected chi connectivity index (χ0v) is 29.9. The average molecular weight is 719 g/mol. The van der Waals surface area contributed by atoms with Crippen molar-refractivity contribution in [3.63, 3.8) is 0 Å². The first-order valence-electron chi connectivity index (χ1n) is 16.0. The van der Waals surface area contributed by atoms with Crippen LogP contribution in [0.3, 0.4) is 0 Å². The second kappa shape index (κ2) is 16.4. The number of nitrogens with zero attached hydrogens (tertiary/aromatic N) is 3. The van der Waals surface area contributed by atoms with Gasteiger partial charge >= 0.3 is 5.97 Å². The van der Waals surface area contributed by atoms with E-state index in [4.69, 9.17) is 19.6 Å². The van der Waals surface area contributed by atoms with Crippen molar-refractivity contribution in [2.45, 2.75) is 78.4 Å². The maximum atomic E-state index is 14.0. The number of carbonyl (C=O) groups is 3. The first-order chi connectivity index (χ1) is 21.9. The van der Waals surface area contributed by atoms with E-state index in [1.165, 1.54) is 7.05 Å². The molecule has 13 heteroatoms. The largest absolute Gasteiger partial charge is 0.491 e. The molecule has 2 aliphatic heterocycles. The summed E-state index contributed by atoms with van der Waals surface area (Å²) in [4.78, 5) is 46.6. The fraction of sp³-hybridized carbons (Fsp3) is 0.559. The Bertz CT molecular complexity index is 1470. The number of ketones is 1. The number of aliphatic hydroxyl groups excluding tert-OH is 1. The van der Waals surface area contributed by atoms with Gasteiger partial charge < -0.3 is 34.4 Å². The van der Waals surface area contributed by atoms with Crippen molar-refractivity contribution in [1.29, 1.82) is 5.41 Å². The summed E-state index contributed by atoms with van der Waals surface area (Å²) in [6, 6.07) is 5.44. The molecular formula is C34H48BrN5O7. The van der Waals surface area contributed by atoms with Gasteiger partial charge in [0.15, 0.2) is 17.2 Å². The number of ether oxygens (including phenoxy) is 3. The highest BCUT2D eigenvalue weighted by molar-refractivity contribution is 8.93. The Kier molecular flexibility index (Phi) is 13.2. The third-order valence-electron chi connectivity index (χ3n) is 8.13. The highest BCUT2D eigenvalue weighted by atomic mass is 79.9. The van der Waals surface area contributed by atoms with Crippen LogP contribution in [0.1, 0.15) is 98.0 Å². The van der Waals surface area contributed by atoms with Crippen molar-refractivity contribution in [3.8, 4) is 11.5 Å². The number of amidine groups is 1. The van der Waals surface area contributed by atoms with Gasteiger partial charge in [0.25, 0.3) is 5.91 Å². The number of halogens is 1. The first-order valence-corrected chi connectivity index (χ1v) is 16.0. The highest BCUT2D eigenvalue weighted by Crippen LogP contribution is 2.42. The standard InChI is InChI=1S/C34H47N5O7.BrH/c1-7-44-27-18-22-19-39(32(35)29(22)37-30(27)33(43)36-6)20-26(41)21-16-24(34(3,4)5)31(46-15-9-10-28(42)45-8-2)25(17-21)38-13-11-23(40)12-14-38;/h16-18,23,35,40H,7-15,19-20H2,1-6H3,(H,36,43);1H. The fourth-order valence-corrected chi connectivity index (χ4v) is 5.69. The van der Waals surface area contributed by atoms with E-state index in [-0.39, 0.29) is 71.3 Å². The first kappa shape index (κ1) is 37.7. The van der Waals surface area contributed by atoms with Crippen molar-refractivity contribution >= 4 is 46.2 Å². The number of rotatable bonds is 13. The van der Waals surface area contributed by atoms with Crippen molar-refractivity contribution < 1.29 is 33.7 Å². The Labute approximate surface area is 287 Å². The molecule has 258 valence electrons. The number of Topliss-reactive ketones (excluding diaryl/α,β-unsaturated/α-hetero) is 1. The summed E-state index contributed by atoms with van der Waals surface area (Å²) < 4.78 is 17.1. The summed E-state index contributed by atoms with van der Waals surface area (Å²) in [7, 11) is 1.51. The Morgan fingerprint density at radius 3 is 2.40 bits per heavy atom. The molecule has 0 aliphatic carbocycles. The monoisotopic (exact) mass is 717 g/mol. The summed E-state index contributed by atoms with van der Waals surface area (Å²) in [5.41, 5.74) is 2.90. The Balaban J connectivity index is 0.00000600. The molecule has 3 heterocycles. The van der Waals surface area contributed by atoms with Gasteiger partial charge in [0.2, 0.25) is 0 Å². The normalized spacial score (nSPS) is 14.7. The molecule has 0 unspecified atom stereocenters. The Morgan fingerprint density at radius 2 is 1.79 bits per heavy atom. The number of hydrogen-bond donors (Lipinski definition) is 3. The van der Waals surface area contributed by atoms with Gasteiger partial charge in [-0.05, 0) is 56.7 Å². The second-order valence-electron chi connectivity index (χ2n) is 12.6. The predicted octanol–water partition coefficient (Wildman–Crippen LogP) is 4.42. The summed E-state index contributed by atoms with van der Waals surface area (Å²) in [5.74, 6) is 0.220. The van der Waals surface area contributed by atoms with Crippen molar-refractivity contribution in [2.24, 2.45) is 0 Å². The molecule has 0 spiro atoms. The number of amides is 1. The van der Waals surface area contributed by atoms with E-state index in [2.05, 4.69) is 36.0 Å². The molecule has 1 aromatic carbocycles. The van der Waals surface area contributed by atoms with Gasteiger partial charge in [0.05, 0.1) is 38.2 Å². The molecule has 0 radical (unpaired) electrons. The van der Waals surface area contributed by atoms with Gasteiger partial charge in [-0.15, -0.1) is 17.0 Å². The van der Waals surface area contributed by atoms with E-state index in [0.717, 1.165) is 11.3 Å². The van der Waals surface area contributed by atoms with Crippen LogP contribution in [-0.2, 0) is 21.5 Å². The topological polar surface area (TPSA) is 154 Å². The molecule has 0 atom stereocenters. The molecule has 1 saturated heterocycles. The zero-order chi connectivity index (χ0) is 33.6. The van der Waals surface area contributed by atoms with Crippen LogP contribution in [0, 0.1) is 5.41 Å². The molecule has 0 bridgehead atoms. The summed E-state index contributed by atoms with van der Waals surface area (Å²) in [6.07, 6.45) is 1.56. The third kappa shape index (κ3) is 9.01. The number of hydrogen-bond acceptors (Lipinski definition) is 10. The molecular weight excluding hydrogens is 670 g/mol. The quantitative estimate of drug-likeness (QED) is 0.154. The number of fused-ring (bicyclic) bond motifs is 1. The number of piperidine rings is 1. The number of benzene rings is 1. The number of carbonyl (C=O) groups excluding carboxylic acids is 3. The Hall–Kier alpha value is -3.71. The number of anilines is 1. The lowest BCUT2D eigenvalue weighted by atomic mass is 9.84. The molecule has 2 aromatic rings. The lowest BCUT2D eigenvalue weighted by Crippen LogP contribution is -2.36. The van der Waals surface area contributed by atoms with E-state index in [1.54, 1.807) is 17.9 Å². The molecule has 1 fully saturated rings. The summed E-state index contributed by atoms with van der Waals surface area (Å²) in [5, 5.41) is 21.6. The van der Waals surface area contributed by atoms with Gasteiger partial charge in [-0.2, -0.15) is 0 Å². The van der Waals surface area contributed by atoms with Crippen molar-refractivity contribution in [1.82, 2.24) is 15.2 Å². The van der Waals surface area contributed by atoms with Gasteiger partial charge in [-0.25, -0.2) is 4.98 Å². The molecule has 1 aromatic heterocycles. The highest BCUT2D eigenvalue weighted by Gasteiger charge is 2.33. The van der Waals surface area contributed by atoms with E-state index in [1.807, 2.05) is 19.1 Å². The van der Waals surface area contributed by atoms with Crippen LogP contribution in [0.25, 0.3) is 0 Å². The number of nitrogens with one attached hydrogen (secondary N) is 2. The Morgan fingerprint density at radius 1 is 1.09 bits per heavy atom. The zero-order valence-electron chi connectivity index (χ0n) is 28.2. The minimum Gasteiger partial charge on any atom is -0.491 e. The molecule has 1 amide bonds. The minimum absolute atomic E-state index is 0. The number of aromatic nitrogens is 1. The average Bonchev–Trinajstić information content (AvgIpc) is 3.31. The number of pyridine rings is 1. The van der Waals surface area contributed by atoms with Crippen LogP contribution < -0.4 is 19.7 Å². The van der Waals surface area contributed by atoms with Gasteiger partial charge in [-0.1, -0.05) is 20.8 Å². The van der Waals surface area contributed by atoms with E-state index >= 15 is 0 Å². The van der Waals surface area contributed by atoms with Gasteiger partial charge in [0.1, 0.15) is 17.3 Å². The van der Waals surface area contributed by atoms with E-state index in [0.29, 0.717) is 80.5 Å². The minimum atomic E-state index is -0.413. The van der Waals surface area contributed by atoms with E-state index < -0.39 is 5.91 Å². The molecule has 4 rings (SSSR count). The number of aliphatic hydroxyl groups is 1. The molecule has 12 nitrogen and oxygen atoms in total. The van der Waals surface area contributed by atoms with Gasteiger partial charge in [-0.3, -0.25) is 19.8 Å². The number of esters is 1. The van der Waals surface area contributed by atoms with Crippen molar-refractivity contribution in [2.75, 3.05) is 51.4 Å². The van der Waals surface area contributed by atoms with Gasteiger partial charge in [0, 0.05) is 49.8 Å². The van der Waals surface area contributed by atoms with Crippen LogP contribution >= 0.6 is 17.0 Å². The summed E-state index contributed by atoms with van der Waals surface area (Å²) in [6.45, 7) is 12.2. The van der Waals surface area contributed by atoms with Crippen LogP contribution in [0.15, 0.2) is 18.2 Å². The lowest BCUT2D eigenvalue weighted by Gasteiger charge is -2.35. The van der Waals surface area contributed by atoms with Crippen LogP contribution in [0.5, 0.6) is 11.5 Å². The lowest BCUT2D eigenvalue weighted by molar-refractivity contribution is -0.143. The predicted molar refractivity (Wildman–Crippen MR) is 185 cm³/mol. The molecule has 0 saturated carbocycles. The maximum Gasteiger partial charge on any atom is 0.305 e. The third-order valence-corrected chi connectivity index (χ3v) is 8.13. The summed E-state index contributed by atoms with van der Waals surface area (Å²) >= 11 is 0. The molecule has 3 N–H and O–H groups in total. The maximum absolute atomic E-state index is 14.0. The van der Waals surface area contributed by atoms with Crippen LogP contribution in [-0.4, -0.2) is 91.1 Å². The smallest absolute Gasteiger partial charge is 0.305 e. The molecule has 47 heavy (non-hydrogen) atoms. The second-order valence-corrected chi connectivity index (χ2v) is 12.6. The van der Waals surface area contributed by atoms with Crippen LogP contribution in [0.2, 0.25) is 0 Å². The fourth-order valence-electron chi connectivity index (χ4n) is 5.69. The molecule has 2 aliphatic rings. The SMILES string of the molecule is Br.CCOC(=O)CCCOc1c(N2CCC(O)CC2)cc(C(=O)CN2Cc3cc(OCC)c(C(=O)NC)nc3C2=N)cc1C(C)(C)C.